The number of pyridine rings is 1. The van der Waals surface area contributed by atoms with E-state index in [1.54, 1.807) is 24.5 Å². The van der Waals surface area contributed by atoms with Crippen molar-refractivity contribution in [1.82, 2.24) is 9.55 Å². The summed E-state index contributed by atoms with van der Waals surface area (Å²) in [6.07, 6.45) is 3.32. The van der Waals surface area contributed by atoms with Crippen LogP contribution >= 0.6 is 0 Å². The average molecular weight is 301 g/mol. The maximum Gasteiger partial charge on any atom is 0.257 e. The molecule has 22 heavy (non-hydrogen) atoms. The summed E-state index contributed by atoms with van der Waals surface area (Å²) >= 11 is 0. The lowest BCUT2D eigenvalue weighted by Gasteiger charge is -2.05. The molecular formula is C16H13F2N3O. The van der Waals surface area contributed by atoms with Gasteiger partial charge in [-0.2, -0.15) is 0 Å². The third-order valence-corrected chi connectivity index (χ3v) is 3.40. The molecule has 3 aromatic rings. The molecule has 0 unspecified atom stereocenters. The smallest absolute Gasteiger partial charge is 0.257 e. The van der Waals surface area contributed by atoms with Crippen LogP contribution in [0.15, 0.2) is 42.7 Å². The second-order valence-corrected chi connectivity index (χ2v) is 4.78. The summed E-state index contributed by atoms with van der Waals surface area (Å²) in [5.41, 5.74) is 1.02. The maximum atomic E-state index is 13.6. The van der Waals surface area contributed by atoms with Crippen LogP contribution in [0.1, 0.15) is 17.3 Å². The number of fused-ring (bicyclic) bond motifs is 1. The van der Waals surface area contributed by atoms with E-state index in [-0.39, 0.29) is 5.69 Å². The van der Waals surface area contributed by atoms with Crippen molar-refractivity contribution in [2.75, 3.05) is 5.32 Å². The van der Waals surface area contributed by atoms with Gasteiger partial charge < -0.3 is 9.88 Å². The van der Waals surface area contributed by atoms with Crippen molar-refractivity contribution in [2.24, 2.45) is 0 Å². The molecule has 1 aromatic carbocycles. The van der Waals surface area contributed by atoms with Crippen molar-refractivity contribution in [2.45, 2.75) is 13.5 Å². The Bertz CT molecular complexity index is 858. The molecule has 4 nitrogen and oxygen atoms in total. The summed E-state index contributed by atoms with van der Waals surface area (Å²) < 4.78 is 28.4. The number of aromatic nitrogens is 2. The standard InChI is InChI=1S/C16H13F2N3O/c1-2-21-9-12(11-4-3-7-19-15(11)21)16(22)20-14-6-5-10(17)8-13(14)18/h3-9H,2H2,1H3,(H,20,22). The van der Waals surface area contributed by atoms with Crippen LogP contribution in [-0.2, 0) is 6.54 Å². The van der Waals surface area contributed by atoms with Crippen LogP contribution in [0, 0.1) is 11.6 Å². The number of anilines is 1. The lowest BCUT2D eigenvalue weighted by atomic mass is 10.2. The minimum Gasteiger partial charge on any atom is -0.332 e. The molecule has 6 heteroatoms. The fourth-order valence-electron chi connectivity index (χ4n) is 2.33. The van der Waals surface area contributed by atoms with Gasteiger partial charge >= 0.3 is 0 Å². The minimum atomic E-state index is -0.814. The van der Waals surface area contributed by atoms with E-state index in [4.69, 9.17) is 0 Å². The van der Waals surface area contributed by atoms with Crippen LogP contribution in [0.2, 0.25) is 0 Å². The van der Waals surface area contributed by atoms with E-state index in [0.717, 1.165) is 12.1 Å². The number of benzene rings is 1. The number of amides is 1. The van der Waals surface area contributed by atoms with Crippen molar-refractivity contribution >= 4 is 22.6 Å². The van der Waals surface area contributed by atoms with Crippen molar-refractivity contribution in [1.29, 1.82) is 0 Å². The fourth-order valence-corrected chi connectivity index (χ4v) is 2.33. The first-order chi connectivity index (χ1) is 10.6. The molecule has 0 fully saturated rings. The number of rotatable bonds is 3. The summed E-state index contributed by atoms with van der Waals surface area (Å²) in [6, 6.07) is 6.53. The number of hydrogen-bond acceptors (Lipinski definition) is 2. The first kappa shape index (κ1) is 14.2. The Balaban J connectivity index is 1.99. The van der Waals surface area contributed by atoms with E-state index >= 15 is 0 Å². The summed E-state index contributed by atoms with van der Waals surface area (Å²) in [5, 5.41) is 3.15. The molecule has 0 saturated heterocycles. The summed E-state index contributed by atoms with van der Waals surface area (Å²) in [7, 11) is 0. The normalized spacial score (nSPS) is 10.9. The topological polar surface area (TPSA) is 46.9 Å². The summed E-state index contributed by atoms with van der Waals surface area (Å²) in [5.74, 6) is -1.97. The molecule has 0 atom stereocenters. The van der Waals surface area contributed by atoms with Gasteiger partial charge in [0.1, 0.15) is 17.3 Å². The van der Waals surface area contributed by atoms with Gasteiger partial charge in [0.25, 0.3) is 5.91 Å². The van der Waals surface area contributed by atoms with Crippen LogP contribution in [0.3, 0.4) is 0 Å². The molecule has 0 aliphatic carbocycles. The van der Waals surface area contributed by atoms with E-state index in [9.17, 15) is 13.6 Å². The highest BCUT2D eigenvalue weighted by Gasteiger charge is 2.16. The SMILES string of the molecule is CCn1cc(C(=O)Nc2ccc(F)cc2F)c2cccnc21. The predicted molar refractivity (Wildman–Crippen MR) is 79.7 cm³/mol. The summed E-state index contributed by atoms with van der Waals surface area (Å²) in [6.45, 7) is 2.60. The number of halogens is 2. The first-order valence-electron chi connectivity index (χ1n) is 6.80. The van der Waals surface area contributed by atoms with E-state index < -0.39 is 17.5 Å². The monoisotopic (exact) mass is 301 g/mol. The van der Waals surface area contributed by atoms with E-state index in [1.807, 2.05) is 11.5 Å². The van der Waals surface area contributed by atoms with Gasteiger partial charge in [-0.1, -0.05) is 0 Å². The minimum absolute atomic E-state index is 0.0623. The molecule has 1 N–H and O–H groups in total. The Hall–Kier alpha value is -2.76. The Morgan fingerprint density at radius 2 is 2.14 bits per heavy atom. The fraction of sp³-hybridized carbons (Fsp3) is 0.125. The Morgan fingerprint density at radius 1 is 1.32 bits per heavy atom. The third kappa shape index (κ3) is 2.43. The van der Waals surface area contributed by atoms with Crippen LogP contribution < -0.4 is 5.32 Å². The number of nitrogens with one attached hydrogen (secondary N) is 1. The van der Waals surface area contributed by atoms with Crippen LogP contribution in [0.4, 0.5) is 14.5 Å². The molecule has 2 heterocycles. The second kappa shape index (κ2) is 5.55. The van der Waals surface area contributed by atoms with E-state index in [1.165, 1.54) is 6.07 Å². The average Bonchev–Trinajstić information content (AvgIpc) is 2.89. The molecule has 3 rings (SSSR count). The summed E-state index contributed by atoms with van der Waals surface area (Å²) in [4.78, 5) is 16.6. The second-order valence-electron chi connectivity index (χ2n) is 4.78. The van der Waals surface area contributed by atoms with Gasteiger partial charge in [0.15, 0.2) is 0 Å². The van der Waals surface area contributed by atoms with Gasteiger partial charge in [0.05, 0.1) is 11.3 Å². The number of nitrogens with zero attached hydrogens (tertiary/aromatic N) is 2. The van der Waals surface area contributed by atoms with Crippen LogP contribution in [0.25, 0.3) is 11.0 Å². The maximum absolute atomic E-state index is 13.6. The molecule has 1 amide bonds. The number of carbonyl (C=O) groups is 1. The Labute approximate surface area is 125 Å². The van der Waals surface area contributed by atoms with Gasteiger partial charge in [-0.25, -0.2) is 13.8 Å². The predicted octanol–water partition coefficient (Wildman–Crippen LogP) is 3.59. The number of hydrogen-bond donors (Lipinski definition) is 1. The third-order valence-electron chi connectivity index (χ3n) is 3.40. The van der Waals surface area contributed by atoms with E-state index in [2.05, 4.69) is 10.3 Å². The van der Waals surface area contributed by atoms with Gasteiger partial charge in [-0.3, -0.25) is 4.79 Å². The molecule has 0 saturated carbocycles. The van der Waals surface area contributed by atoms with Crippen LogP contribution in [0.5, 0.6) is 0 Å². The quantitative estimate of drug-likeness (QED) is 0.803. The largest absolute Gasteiger partial charge is 0.332 e. The molecule has 2 aromatic heterocycles. The highest BCUT2D eigenvalue weighted by Crippen LogP contribution is 2.22. The molecule has 0 radical (unpaired) electrons. The molecule has 0 spiro atoms. The van der Waals surface area contributed by atoms with Crippen molar-refractivity contribution in [3.63, 3.8) is 0 Å². The van der Waals surface area contributed by atoms with E-state index in [0.29, 0.717) is 23.1 Å². The molecular weight excluding hydrogens is 288 g/mol. The zero-order valence-corrected chi connectivity index (χ0v) is 11.8. The number of aryl methyl sites for hydroxylation is 1. The highest BCUT2D eigenvalue weighted by atomic mass is 19.1. The first-order valence-corrected chi connectivity index (χ1v) is 6.80. The van der Waals surface area contributed by atoms with Crippen LogP contribution in [-0.4, -0.2) is 15.5 Å². The molecule has 0 aliphatic heterocycles. The Morgan fingerprint density at radius 3 is 2.86 bits per heavy atom. The molecule has 0 aliphatic rings. The van der Waals surface area contributed by atoms with Gasteiger partial charge in [-0.15, -0.1) is 0 Å². The zero-order valence-electron chi connectivity index (χ0n) is 11.8. The highest BCUT2D eigenvalue weighted by molar-refractivity contribution is 6.12. The van der Waals surface area contributed by atoms with Gasteiger partial charge in [0, 0.05) is 30.4 Å². The number of carbonyl (C=O) groups excluding carboxylic acids is 1. The van der Waals surface area contributed by atoms with Gasteiger partial charge in [0.2, 0.25) is 0 Å². The Kier molecular flexibility index (Phi) is 3.58. The van der Waals surface area contributed by atoms with Gasteiger partial charge in [-0.05, 0) is 31.2 Å². The lowest BCUT2D eigenvalue weighted by Crippen LogP contribution is -2.12. The molecule has 0 bridgehead atoms. The zero-order chi connectivity index (χ0) is 15.7. The lowest BCUT2D eigenvalue weighted by molar-refractivity contribution is 0.102. The van der Waals surface area contributed by atoms with Crippen molar-refractivity contribution < 1.29 is 13.6 Å². The van der Waals surface area contributed by atoms with Crippen molar-refractivity contribution in [3.8, 4) is 0 Å². The molecule has 112 valence electrons. The van der Waals surface area contributed by atoms with Crippen molar-refractivity contribution in [3.05, 3.63) is 59.9 Å².